The molecule has 0 spiro atoms. The number of nitrogens with zero attached hydrogens (tertiary/aromatic N) is 2. The summed E-state index contributed by atoms with van der Waals surface area (Å²) in [4.78, 5) is 15.4. The number of carboxylic acids is 1. The van der Waals surface area contributed by atoms with E-state index in [1.165, 1.54) is 0 Å². The Kier molecular flexibility index (Phi) is 6.12. The first-order chi connectivity index (χ1) is 8.97. The second kappa shape index (κ2) is 7.36. The van der Waals surface area contributed by atoms with Gasteiger partial charge in [-0.1, -0.05) is 17.7 Å². The second-order valence-corrected chi connectivity index (χ2v) is 5.08. The fourth-order valence-electron chi connectivity index (χ4n) is 2.02. The Balaban J connectivity index is 2.94. The van der Waals surface area contributed by atoms with Gasteiger partial charge >= 0.3 is 5.97 Å². The van der Waals surface area contributed by atoms with Crippen LogP contribution < -0.4 is 4.90 Å². The molecule has 0 bridgehead atoms. The van der Waals surface area contributed by atoms with E-state index in [9.17, 15) is 9.90 Å². The fraction of sp³-hybridized carbons (Fsp3) is 0.500. The summed E-state index contributed by atoms with van der Waals surface area (Å²) < 4.78 is 0. The van der Waals surface area contributed by atoms with E-state index in [4.69, 9.17) is 11.6 Å². The maximum absolute atomic E-state index is 11.3. The van der Waals surface area contributed by atoms with Gasteiger partial charge in [0.15, 0.2) is 0 Å². The monoisotopic (exact) mass is 284 g/mol. The van der Waals surface area contributed by atoms with Gasteiger partial charge in [0.2, 0.25) is 0 Å². The Hall–Kier alpha value is -1.26. The zero-order valence-electron chi connectivity index (χ0n) is 11.7. The van der Waals surface area contributed by atoms with E-state index in [-0.39, 0.29) is 5.56 Å². The average Bonchev–Trinajstić information content (AvgIpc) is 2.34. The molecule has 5 heteroatoms. The van der Waals surface area contributed by atoms with Crippen LogP contribution in [-0.4, -0.2) is 49.7 Å². The molecule has 1 aromatic rings. The Morgan fingerprint density at radius 2 is 2.00 bits per heavy atom. The number of benzene rings is 1. The van der Waals surface area contributed by atoms with Crippen LogP contribution in [0.2, 0.25) is 5.02 Å². The Labute approximate surface area is 119 Å². The van der Waals surface area contributed by atoms with Crippen LogP contribution in [0.5, 0.6) is 0 Å². The van der Waals surface area contributed by atoms with Crippen molar-refractivity contribution in [2.24, 2.45) is 0 Å². The molecule has 1 N–H and O–H groups in total. The van der Waals surface area contributed by atoms with E-state index in [1.54, 1.807) is 18.2 Å². The van der Waals surface area contributed by atoms with Crippen LogP contribution in [0.25, 0.3) is 0 Å². The van der Waals surface area contributed by atoms with Crippen molar-refractivity contribution < 1.29 is 9.90 Å². The lowest BCUT2D eigenvalue weighted by molar-refractivity contribution is 0.0697. The highest BCUT2D eigenvalue weighted by molar-refractivity contribution is 6.34. The van der Waals surface area contributed by atoms with Crippen molar-refractivity contribution in [2.75, 3.05) is 38.6 Å². The maximum atomic E-state index is 11.3. The highest BCUT2D eigenvalue weighted by Gasteiger charge is 2.17. The standard InChI is InChI=1S/C14H21ClN2O2/c1-4-17(10-6-9-16(2)3)13-11(14(18)19)7-5-8-12(13)15/h5,7-8H,4,6,9-10H2,1-3H3,(H,18,19). The second-order valence-electron chi connectivity index (χ2n) is 4.68. The summed E-state index contributed by atoms with van der Waals surface area (Å²) in [6.07, 6.45) is 0.963. The lowest BCUT2D eigenvalue weighted by Gasteiger charge is -2.26. The third-order valence-corrected chi connectivity index (χ3v) is 3.25. The van der Waals surface area contributed by atoms with Gasteiger partial charge in [0.1, 0.15) is 0 Å². The van der Waals surface area contributed by atoms with E-state index >= 15 is 0 Å². The van der Waals surface area contributed by atoms with Crippen LogP contribution in [0.1, 0.15) is 23.7 Å². The topological polar surface area (TPSA) is 43.8 Å². The first-order valence-electron chi connectivity index (χ1n) is 6.38. The summed E-state index contributed by atoms with van der Waals surface area (Å²) in [5.41, 5.74) is 0.886. The van der Waals surface area contributed by atoms with E-state index in [1.807, 2.05) is 25.9 Å². The van der Waals surface area contributed by atoms with Gasteiger partial charge in [0.25, 0.3) is 0 Å². The Morgan fingerprint density at radius 3 is 2.53 bits per heavy atom. The summed E-state index contributed by atoms with van der Waals surface area (Å²) in [6.45, 7) is 4.49. The maximum Gasteiger partial charge on any atom is 0.337 e. The van der Waals surface area contributed by atoms with Crippen LogP contribution in [0.4, 0.5) is 5.69 Å². The number of halogens is 1. The van der Waals surface area contributed by atoms with Crippen molar-refractivity contribution in [3.05, 3.63) is 28.8 Å². The molecular formula is C14H21ClN2O2. The first-order valence-corrected chi connectivity index (χ1v) is 6.76. The molecule has 106 valence electrons. The number of hydrogen-bond donors (Lipinski definition) is 1. The van der Waals surface area contributed by atoms with Gasteiger partial charge in [0, 0.05) is 13.1 Å². The summed E-state index contributed by atoms with van der Waals surface area (Å²) in [5, 5.41) is 9.75. The molecule has 1 aromatic carbocycles. The molecule has 0 amide bonds. The molecule has 0 aliphatic rings. The molecule has 0 atom stereocenters. The molecule has 19 heavy (non-hydrogen) atoms. The van der Waals surface area contributed by atoms with Crippen LogP contribution in [0, 0.1) is 0 Å². The van der Waals surface area contributed by atoms with Gasteiger partial charge in [-0.25, -0.2) is 4.79 Å². The van der Waals surface area contributed by atoms with Crippen LogP contribution in [0.3, 0.4) is 0 Å². The predicted molar refractivity (Wildman–Crippen MR) is 79.5 cm³/mol. The summed E-state index contributed by atoms with van der Waals surface area (Å²) in [6, 6.07) is 5.00. The summed E-state index contributed by atoms with van der Waals surface area (Å²) >= 11 is 6.17. The average molecular weight is 285 g/mol. The zero-order valence-corrected chi connectivity index (χ0v) is 12.4. The molecule has 0 saturated heterocycles. The molecule has 1 rings (SSSR count). The zero-order chi connectivity index (χ0) is 14.4. The van der Waals surface area contributed by atoms with Crippen LogP contribution >= 0.6 is 11.6 Å². The predicted octanol–water partition coefficient (Wildman–Crippen LogP) is 2.82. The van der Waals surface area contributed by atoms with E-state index < -0.39 is 5.97 Å². The lowest BCUT2D eigenvalue weighted by atomic mass is 10.1. The molecule has 0 aromatic heterocycles. The van der Waals surface area contributed by atoms with Crippen LogP contribution in [-0.2, 0) is 0 Å². The van der Waals surface area contributed by atoms with E-state index in [0.29, 0.717) is 10.7 Å². The van der Waals surface area contributed by atoms with Crippen LogP contribution in [0.15, 0.2) is 18.2 Å². The Morgan fingerprint density at radius 1 is 1.32 bits per heavy atom. The van der Waals surface area contributed by atoms with Gasteiger partial charge in [-0.3, -0.25) is 0 Å². The number of carboxylic acid groups (broad SMARTS) is 1. The molecule has 0 saturated carbocycles. The highest BCUT2D eigenvalue weighted by Crippen LogP contribution is 2.30. The molecule has 0 unspecified atom stereocenters. The van der Waals surface area contributed by atoms with Gasteiger partial charge in [0.05, 0.1) is 16.3 Å². The van der Waals surface area contributed by atoms with E-state index in [2.05, 4.69) is 4.90 Å². The normalized spacial score (nSPS) is 10.8. The van der Waals surface area contributed by atoms with Gasteiger partial charge < -0.3 is 14.9 Å². The van der Waals surface area contributed by atoms with E-state index in [0.717, 1.165) is 26.1 Å². The first kappa shape index (κ1) is 15.8. The lowest BCUT2D eigenvalue weighted by Crippen LogP contribution is -2.28. The number of hydrogen-bond acceptors (Lipinski definition) is 3. The quantitative estimate of drug-likeness (QED) is 0.836. The fourth-order valence-corrected chi connectivity index (χ4v) is 2.31. The number of anilines is 1. The van der Waals surface area contributed by atoms with Crippen molar-refractivity contribution in [3.8, 4) is 0 Å². The molecule has 0 heterocycles. The molecule has 0 aliphatic heterocycles. The number of carbonyl (C=O) groups is 1. The van der Waals surface area contributed by atoms with Crippen molar-refractivity contribution >= 4 is 23.3 Å². The number of rotatable bonds is 7. The van der Waals surface area contributed by atoms with Gasteiger partial charge in [-0.15, -0.1) is 0 Å². The molecule has 0 radical (unpaired) electrons. The SMILES string of the molecule is CCN(CCCN(C)C)c1c(Cl)cccc1C(=O)O. The van der Waals surface area contributed by atoms with Gasteiger partial charge in [-0.2, -0.15) is 0 Å². The minimum Gasteiger partial charge on any atom is -0.478 e. The molecule has 4 nitrogen and oxygen atoms in total. The molecule has 0 aliphatic carbocycles. The van der Waals surface area contributed by atoms with Gasteiger partial charge in [-0.05, 0) is 46.1 Å². The minimum absolute atomic E-state index is 0.263. The summed E-state index contributed by atoms with van der Waals surface area (Å²) in [7, 11) is 4.04. The smallest absolute Gasteiger partial charge is 0.337 e. The van der Waals surface area contributed by atoms with Crippen molar-refractivity contribution in [2.45, 2.75) is 13.3 Å². The Bertz CT molecular complexity index is 435. The molecular weight excluding hydrogens is 264 g/mol. The van der Waals surface area contributed by atoms with Crippen molar-refractivity contribution in [1.29, 1.82) is 0 Å². The highest BCUT2D eigenvalue weighted by atomic mass is 35.5. The number of para-hydroxylation sites is 1. The molecule has 0 fully saturated rings. The van der Waals surface area contributed by atoms with Crippen molar-refractivity contribution in [1.82, 2.24) is 4.90 Å². The number of aromatic carboxylic acids is 1. The third kappa shape index (κ3) is 4.40. The summed E-state index contributed by atoms with van der Waals surface area (Å²) in [5.74, 6) is -0.941. The minimum atomic E-state index is -0.941. The van der Waals surface area contributed by atoms with Crippen molar-refractivity contribution in [3.63, 3.8) is 0 Å². The third-order valence-electron chi connectivity index (χ3n) is 2.95. The largest absolute Gasteiger partial charge is 0.478 e.